The molecule has 1 aliphatic rings. The number of benzene rings is 1. The molecule has 0 radical (unpaired) electrons. The lowest BCUT2D eigenvalue weighted by atomic mass is 10.0. The summed E-state index contributed by atoms with van der Waals surface area (Å²) in [4.78, 5) is 30.5. The van der Waals surface area contributed by atoms with Crippen LogP contribution in [0.25, 0.3) is 11.6 Å². The van der Waals surface area contributed by atoms with Gasteiger partial charge in [0.2, 0.25) is 0 Å². The van der Waals surface area contributed by atoms with E-state index in [4.69, 9.17) is 0 Å². The lowest BCUT2D eigenvalue weighted by molar-refractivity contribution is -0.110. The quantitative estimate of drug-likeness (QED) is 0.622. The first kappa shape index (κ1) is 20.8. The smallest absolute Gasteiger partial charge is 0.256 e. The molecule has 156 valence electrons. The van der Waals surface area contributed by atoms with Crippen LogP contribution in [0.2, 0.25) is 0 Å². The Morgan fingerprint density at radius 1 is 1.28 bits per heavy atom. The highest BCUT2D eigenvalue weighted by Gasteiger charge is 2.26. The van der Waals surface area contributed by atoms with Crippen molar-refractivity contribution in [2.45, 2.75) is 27.7 Å². The largest absolute Gasteiger partial charge is 0.358 e. The van der Waals surface area contributed by atoms with Gasteiger partial charge in [0.25, 0.3) is 11.8 Å². The molecule has 0 fully saturated rings. The van der Waals surface area contributed by atoms with Gasteiger partial charge >= 0.3 is 0 Å². The van der Waals surface area contributed by atoms with Crippen LogP contribution in [0.1, 0.15) is 48.1 Å². The summed E-state index contributed by atoms with van der Waals surface area (Å²) in [6.07, 6.45) is 1.68. The number of hydrogen-bond acceptors (Lipinski definition) is 3. The molecule has 1 aromatic carbocycles. The first-order valence-corrected chi connectivity index (χ1v) is 9.88. The highest BCUT2D eigenvalue weighted by atomic mass is 19.1. The van der Waals surface area contributed by atoms with E-state index in [9.17, 15) is 14.0 Å². The summed E-state index contributed by atoms with van der Waals surface area (Å²) >= 11 is 0. The van der Waals surface area contributed by atoms with Crippen LogP contribution < -0.4 is 10.6 Å². The Kier molecular flexibility index (Phi) is 6.17. The van der Waals surface area contributed by atoms with Gasteiger partial charge in [0, 0.05) is 37.2 Å². The maximum Gasteiger partial charge on any atom is 0.256 e. The number of aryl methyl sites for hydroxylation is 1. The lowest BCUT2D eigenvalue weighted by Crippen LogP contribution is -2.35. The number of aromatic nitrogens is 1. The number of rotatable bonds is 7. The molecule has 3 N–H and O–H groups in total. The predicted octanol–water partition coefficient (Wildman–Crippen LogP) is 3.58. The van der Waals surface area contributed by atoms with Gasteiger partial charge in [0.05, 0.1) is 11.1 Å². The highest BCUT2D eigenvalue weighted by Crippen LogP contribution is 2.34. The molecular weight excluding hydrogens is 371 g/mol. The second-order valence-corrected chi connectivity index (χ2v) is 7.15. The Morgan fingerprint density at radius 2 is 2.00 bits per heavy atom. The SMILES string of the molecule is CCN(CC)CCNC(=O)c1c(C)[nH]c(/C=C2\C(=O)Nc3ccc(F)cc32)c1C.[HH]. The van der Waals surface area contributed by atoms with E-state index in [-0.39, 0.29) is 13.2 Å². The minimum Gasteiger partial charge on any atom is -0.358 e. The molecule has 0 bridgehead atoms. The van der Waals surface area contributed by atoms with Crippen molar-refractivity contribution in [2.24, 2.45) is 0 Å². The van der Waals surface area contributed by atoms with Crippen LogP contribution in [0, 0.1) is 19.7 Å². The summed E-state index contributed by atoms with van der Waals surface area (Å²) in [5.41, 5.74) is 4.20. The Labute approximate surface area is 171 Å². The van der Waals surface area contributed by atoms with E-state index in [2.05, 4.69) is 34.4 Å². The first-order valence-electron chi connectivity index (χ1n) is 9.88. The van der Waals surface area contributed by atoms with Crippen LogP contribution in [0.15, 0.2) is 18.2 Å². The molecule has 2 heterocycles. The van der Waals surface area contributed by atoms with Crippen molar-refractivity contribution < 1.29 is 15.4 Å². The molecule has 1 aliphatic heterocycles. The van der Waals surface area contributed by atoms with Gasteiger partial charge in [0.1, 0.15) is 5.82 Å². The summed E-state index contributed by atoms with van der Waals surface area (Å²) < 4.78 is 13.7. The maximum atomic E-state index is 13.7. The molecule has 3 rings (SSSR count). The normalized spacial score (nSPS) is 14.4. The van der Waals surface area contributed by atoms with Gasteiger partial charge in [-0.25, -0.2) is 4.39 Å². The molecule has 29 heavy (non-hydrogen) atoms. The van der Waals surface area contributed by atoms with Crippen LogP contribution >= 0.6 is 0 Å². The zero-order valence-corrected chi connectivity index (χ0v) is 17.3. The van der Waals surface area contributed by atoms with Crippen LogP contribution in [-0.2, 0) is 4.79 Å². The number of fused-ring (bicyclic) bond motifs is 1. The molecule has 2 amide bonds. The maximum absolute atomic E-state index is 13.7. The molecule has 0 unspecified atom stereocenters. The van der Waals surface area contributed by atoms with E-state index >= 15 is 0 Å². The van der Waals surface area contributed by atoms with E-state index in [0.29, 0.717) is 34.6 Å². The predicted molar refractivity (Wildman–Crippen MR) is 115 cm³/mol. The van der Waals surface area contributed by atoms with Gasteiger partial charge in [-0.3, -0.25) is 9.59 Å². The van der Waals surface area contributed by atoms with Gasteiger partial charge in [0.15, 0.2) is 0 Å². The zero-order chi connectivity index (χ0) is 21.1. The van der Waals surface area contributed by atoms with Gasteiger partial charge in [-0.05, 0) is 56.8 Å². The van der Waals surface area contributed by atoms with E-state index in [1.54, 1.807) is 12.1 Å². The van der Waals surface area contributed by atoms with Gasteiger partial charge < -0.3 is 20.5 Å². The molecule has 0 saturated carbocycles. The minimum absolute atomic E-state index is 0. The standard InChI is InChI=1S/C22H27FN4O2.H2/c1-5-27(6-2)10-9-24-22(29)20-13(3)19(25-14(20)4)12-17-16-11-15(23)7-8-18(16)26-21(17)28;/h7-8,11-12,25H,5-6,9-10H2,1-4H3,(H,24,29)(H,26,28);1H/b17-12-;. The second-order valence-electron chi connectivity index (χ2n) is 7.15. The molecule has 6 nitrogen and oxygen atoms in total. The van der Waals surface area contributed by atoms with Crippen LogP contribution in [0.5, 0.6) is 0 Å². The number of amides is 2. The molecule has 1 aromatic heterocycles. The highest BCUT2D eigenvalue weighted by molar-refractivity contribution is 6.34. The van der Waals surface area contributed by atoms with E-state index in [1.807, 2.05) is 13.8 Å². The third-order valence-corrected chi connectivity index (χ3v) is 5.36. The number of carbonyl (C=O) groups is 2. The van der Waals surface area contributed by atoms with Crippen molar-refractivity contribution >= 4 is 29.2 Å². The number of carbonyl (C=O) groups excluding carboxylic acids is 2. The van der Waals surface area contributed by atoms with E-state index in [1.165, 1.54) is 12.1 Å². The van der Waals surface area contributed by atoms with Crippen LogP contribution in [0.4, 0.5) is 10.1 Å². The molecule has 0 aliphatic carbocycles. The summed E-state index contributed by atoms with van der Waals surface area (Å²) in [5.74, 6) is -0.836. The number of halogens is 1. The summed E-state index contributed by atoms with van der Waals surface area (Å²) in [7, 11) is 0. The fourth-order valence-electron chi connectivity index (χ4n) is 3.66. The van der Waals surface area contributed by atoms with Crippen LogP contribution in [-0.4, -0.2) is 47.9 Å². The second kappa shape index (κ2) is 8.61. The summed E-state index contributed by atoms with van der Waals surface area (Å²) in [6, 6.07) is 4.20. The number of H-pyrrole nitrogens is 1. The fourth-order valence-corrected chi connectivity index (χ4v) is 3.66. The van der Waals surface area contributed by atoms with Crippen molar-refractivity contribution in [3.8, 4) is 0 Å². The average Bonchev–Trinajstić information content (AvgIpc) is 3.14. The number of nitrogens with zero attached hydrogens (tertiary/aromatic N) is 1. The van der Waals surface area contributed by atoms with Gasteiger partial charge in [-0.2, -0.15) is 0 Å². The topological polar surface area (TPSA) is 77.2 Å². The third kappa shape index (κ3) is 4.24. The number of likely N-dealkylation sites (N-methyl/N-ethyl adjacent to an activating group) is 1. The summed E-state index contributed by atoms with van der Waals surface area (Å²) in [6.45, 7) is 11.1. The number of anilines is 1. The van der Waals surface area contributed by atoms with Crippen molar-refractivity contribution in [3.05, 3.63) is 52.1 Å². The molecular formula is C22H29FN4O2. The number of nitrogens with one attached hydrogen (secondary N) is 3. The monoisotopic (exact) mass is 400 g/mol. The Bertz CT molecular complexity index is 980. The van der Waals surface area contributed by atoms with Crippen molar-refractivity contribution in [3.63, 3.8) is 0 Å². The molecule has 0 saturated heterocycles. The van der Waals surface area contributed by atoms with E-state index in [0.717, 1.165) is 30.9 Å². The fraction of sp³-hybridized carbons (Fsp3) is 0.364. The Morgan fingerprint density at radius 3 is 2.69 bits per heavy atom. The minimum atomic E-state index is -0.404. The molecule has 0 atom stereocenters. The number of hydrogen-bond donors (Lipinski definition) is 3. The Balaban J connectivity index is 0.00000320. The lowest BCUT2D eigenvalue weighted by Gasteiger charge is -2.18. The number of aromatic amines is 1. The van der Waals surface area contributed by atoms with Crippen molar-refractivity contribution in [1.82, 2.24) is 15.2 Å². The molecule has 2 aromatic rings. The van der Waals surface area contributed by atoms with E-state index < -0.39 is 5.82 Å². The average molecular weight is 400 g/mol. The van der Waals surface area contributed by atoms with Gasteiger partial charge in [-0.15, -0.1) is 0 Å². The Hall–Kier alpha value is -2.93. The van der Waals surface area contributed by atoms with Gasteiger partial charge in [-0.1, -0.05) is 13.8 Å². The molecule has 0 spiro atoms. The third-order valence-electron chi connectivity index (χ3n) is 5.36. The van der Waals surface area contributed by atoms with Crippen molar-refractivity contribution in [1.29, 1.82) is 0 Å². The zero-order valence-electron chi connectivity index (χ0n) is 17.3. The summed E-state index contributed by atoms with van der Waals surface area (Å²) in [5, 5.41) is 5.70. The first-order chi connectivity index (χ1) is 13.8. The molecule has 7 heteroatoms. The van der Waals surface area contributed by atoms with Crippen LogP contribution in [0.3, 0.4) is 0 Å². The van der Waals surface area contributed by atoms with Crippen molar-refractivity contribution in [2.75, 3.05) is 31.5 Å².